The second kappa shape index (κ2) is 6.93. The van der Waals surface area contributed by atoms with Crippen LogP contribution in [0.4, 0.5) is 11.4 Å². The summed E-state index contributed by atoms with van der Waals surface area (Å²) in [5.74, 6) is -0.775. The van der Waals surface area contributed by atoms with Crippen molar-refractivity contribution in [1.29, 1.82) is 0 Å². The van der Waals surface area contributed by atoms with E-state index in [0.717, 1.165) is 12.0 Å². The average molecular weight is 369 g/mol. The van der Waals surface area contributed by atoms with Gasteiger partial charge in [0.25, 0.3) is 5.91 Å². The molecule has 1 heterocycles. The zero-order chi connectivity index (χ0) is 18.8. The molecule has 0 aliphatic carbocycles. The SMILES string of the molecule is CCc1ccccc1N1C(=O)/C(=C\c2ccc(O)c([N+](=O)[O-])c2)NC1=S. The standard InChI is InChI=1S/C18H15N3O4S/c1-2-12-5-3-4-6-14(12)20-17(23)13(19-18(20)26)9-11-7-8-16(22)15(10-11)21(24)25/h3-10,22H,2H2,1H3,(H,19,26)/b13-9+. The summed E-state index contributed by atoms with van der Waals surface area (Å²) in [7, 11) is 0. The van der Waals surface area contributed by atoms with Gasteiger partial charge in [-0.05, 0) is 48.0 Å². The van der Waals surface area contributed by atoms with Crippen LogP contribution in [0, 0.1) is 10.1 Å². The molecule has 0 aromatic heterocycles. The summed E-state index contributed by atoms with van der Waals surface area (Å²) in [5, 5.41) is 23.6. The Balaban J connectivity index is 1.98. The minimum atomic E-state index is -0.685. The molecule has 7 nitrogen and oxygen atoms in total. The summed E-state index contributed by atoms with van der Waals surface area (Å²) < 4.78 is 0. The van der Waals surface area contributed by atoms with E-state index >= 15 is 0 Å². The number of rotatable bonds is 4. The van der Waals surface area contributed by atoms with Crippen LogP contribution in [0.15, 0.2) is 48.2 Å². The molecule has 1 saturated heterocycles. The number of phenols is 1. The van der Waals surface area contributed by atoms with E-state index < -0.39 is 16.4 Å². The fourth-order valence-electron chi connectivity index (χ4n) is 2.72. The number of para-hydroxylation sites is 1. The molecule has 2 aromatic rings. The summed E-state index contributed by atoms with van der Waals surface area (Å²) in [6, 6.07) is 11.4. The van der Waals surface area contributed by atoms with E-state index in [4.69, 9.17) is 12.2 Å². The van der Waals surface area contributed by atoms with Gasteiger partial charge in [-0.3, -0.25) is 19.8 Å². The highest BCUT2D eigenvalue weighted by Gasteiger charge is 2.33. The third-order valence-corrected chi connectivity index (χ3v) is 4.28. The maximum atomic E-state index is 12.8. The van der Waals surface area contributed by atoms with Crippen molar-refractivity contribution in [3.63, 3.8) is 0 Å². The van der Waals surface area contributed by atoms with Gasteiger partial charge in [-0.15, -0.1) is 0 Å². The monoisotopic (exact) mass is 369 g/mol. The molecule has 1 aliphatic rings. The number of carbonyl (C=O) groups is 1. The maximum absolute atomic E-state index is 12.8. The molecule has 0 bridgehead atoms. The van der Waals surface area contributed by atoms with Crippen molar-refractivity contribution in [2.45, 2.75) is 13.3 Å². The minimum Gasteiger partial charge on any atom is -0.502 e. The van der Waals surface area contributed by atoms with Crippen LogP contribution in [-0.4, -0.2) is 21.0 Å². The highest BCUT2D eigenvalue weighted by Crippen LogP contribution is 2.29. The Morgan fingerprint density at radius 1 is 1.31 bits per heavy atom. The van der Waals surface area contributed by atoms with Gasteiger partial charge in [0, 0.05) is 6.07 Å². The van der Waals surface area contributed by atoms with Crippen molar-refractivity contribution >= 4 is 40.7 Å². The fourth-order valence-corrected chi connectivity index (χ4v) is 3.02. The number of aryl methyl sites for hydroxylation is 1. The van der Waals surface area contributed by atoms with E-state index in [9.17, 15) is 20.0 Å². The molecule has 2 aromatic carbocycles. The van der Waals surface area contributed by atoms with Gasteiger partial charge in [0.1, 0.15) is 5.70 Å². The van der Waals surface area contributed by atoms with Gasteiger partial charge >= 0.3 is 5.69 Å². The normalized spacial score (nSPS) is 15.4. The van der Waals surface area contributed by atoms with E-state index in [1.54, 1.807) is 0 Å². The summed E-state index contributed by atoms with van der Waals surface area (Å²) in [6.45, 7) is 1.99. The quantitative estimate of drug-likeness (QED) is 0.372. The van der Waals surface area contributed by atoms with Crippen LogP contribution in [0.1, 0.15) is 18.1 Å². The number of hydrogen-bond donors (Lipinski definition) is 2. The number of nitrogens with one attached hydrogen (secondary N) is 1. The van der Waals surface area contributed by atoms with Crippen LogP contribution >= 0.6 is 12.2 Å². The zero-order valence-electron chi connectivity index (χ0n) is 13.8. The average Bonchev–Trinajstić information content (AvgIpc) is 2.89. The first-order valence-corrected chi connectivity index (χ1v) is 8.25. The molecule has 8 heteroatoms. The lowest BCUT2D eigenvalue weighted by Gasteiger charge is -2.17. The number of phenolic OH excluding ortho intramolecular Hbond substituents is 1. The third-order valence-electron chi connectivity index (χ3n) is 4.00. The summed E-state index contributed by atoms with van der Waals surface area (Å²) >= 11 is 5.29. The zero-order valence-corrected chi connectivity index (χ0v) is 14.6. The van der Waals surface area contributed by atoms with Crippen molar-refractivity contribution in [3.8, 4) is 5.75 Å². The fraction of sp³-hybridized carbons (Fsp3) is 0.111. The Kier molecular flexibility index (Phi) is 4.68. The van der Waals surface area contributed by atoms with Gasteiger partial charge in [-0.1, -0.05) is 31.2 Å². The van der Waals surface area contributed by atoms with Gasteiger partial charge in [0.2, 0.25) is 0 Å². The molecule has 0 radical (unpaired) electrons. The van der Waals surface area contributed by atoms with Gasteiger partial charge in [-0.2, -0.15) is 0 Å². The summed E-state index contributed by atoms with van der Waals surface area (Å²) in [6.07, 6.45) is 2.21. The minimum absolute atomic E-state index is 0.209. The number of nitrogens with zero attached hydrogens (tertiary/aromatic N) is 2. The van der Waals surface area contributed by atoms with Crippen molar-refractivity contribution in [1.82, 2.24) is 5.32 Å². The molecular formula is C18H15N3O4S. The second-order valence-corrected chi connectivity index (χ2v) is 6.00. The molecule has 26 heavy (non-hydrogen) atoms. The van der Waals surface area contributed by atoms with E-state index in [0.29, 0.717) is 11.3 Å². The van der Waals surface area contributed by atoms with Crippen LogP contribution in [0.3, 0.4) is 0 Å². The largest absolute Gasteiger partial charge is 0.502 e. The van der Waals surface area contributed by atoms with Crippen molar-refractivity contribution in [2.75, 3.05) is 4.90 Å². The lowest BCUT2D eigenvalue weighted by atomic mass is 10.1. The Labute approximate surface area is 154 Å². The van der Waals surface area contributed by atoms with Crippen molar-refractivity contribution in [2.24, 2.45) is 0 Å². The van der Waals surface area contributed by atoms with Gasteiger partial charge in [-0.25, -0.2) is 0 Å². The van der Waals surface area contributed by atoms with Crippen molar-refractivity contribution < 1.29 is 14.8 Å². The molecule has 132 valence electrons. The molecule has 1 fully saturated rings. The predicted octanol–water partition coefficient (Wildman–Crippen LogP) is 3.13. The third kappa shape index (κ3) is 3.14. The van der Waals surface area contributed by atoms with Crippen LogP contribution in [-0.2, 0) is 11.2 Å². The first-order valence-electron chi connectivity index (χ1n) is 7.84. The number of anilines is 1. The number of benzene rings is 2. The number of aromatic hydroxyl groups is 1. The number of nitro groups is 1. The van der Waals surface area contributed by atoms with Crippen LogP contribution in [0.5, 0.6) is 5.75 Å². The van der Waals surface area contributed by atoms with Gasteiger partial charge in [0.15, 0.2) is 10.9 Å². The van der Waals surface area contributed by atoms with Crippen LogP contribution < -0.4 is 10.2 Å². The Morgan fingerprint density at radius 2 is 2.04 bits per heavy atom. The molecule has 3 rings (SSSR count). The lowest BCUT2D eigenvalue weighted by Crippen LogP contribution is -2.31. The summed E-state index contributed by atoms with van der Waals surface area (Å²) in [4.78, 5) is 24.5. The number of carbonyl (C=O) groups excluding carboxylic acids is 1. The highest BCUT2D eigenvalue weighted by atomic mass is 32.1. The first kappa shape index (κ1) is 17.6. The topological polar surface area (TPSA) is 95.7 Å². The number of amides is 1. The predicted molar refractivity (Wildman–Crippen MR) is 102 cm³/mol. The first-order chi connectivity index (χ1) is 12.4. The molecular weight excluding hydrogens is 354 g/mol. The number of hydrogen-bond acceptors (Lipinski definition) is 5. The molecule has 0 spiro atoms. The number of nitro benzene ring substituents is 1. The number of thiocarbonyl (C=S) groups is 1. The highest BCUT2D eigenvalue weighted by molar-refractivity contribution is 7.80. The van der Waals surface area contributed by atoms with Gasteiger partial charge in [0.05, 0.1) is 10.6 Å². The van der Waals surface area contributed by atoms with Crippen LogP contribution in [0.2, 0.25) is 0 Å². The lowest BCUT2D eigenvalue weighted by molar-refractivity contribution is -0.385. The Hall–Kier alpha value is -3.26. The van der Waals surface area contributed by atoms with E-state index in [2.05, 4.69) is 5.32 Å². The Morgan fingerprint density at radius 3 is 2.73 bits per heavy atom. The molecule has 1 amide bonds. The molecule has 0 unspecified atom stereocenters. The van der Waals surface area contributed by atoms with Crippen LogP contribution in [0.25, 0.3) is 6.08 Å². The van der Waals surface area contributed by atoms with Gasteiger partial charge < -0.3 is 10.4 Å². The molecule has 0 saturated carbocycles. The smallest absolute Gasteiger partial charge is 0.311 e. The molecule has 0 atom stereocenters. The van der Waals surface area contributed by atoms with Crippen molar-refractivity contribution in [3.05, 3.63) is 69.4 Å². The molecule has 2 N–H and O–H groups in total. The second-order valence-electron chi connectivity index (χ2n) is 5.62. The Bertz CT molecular complexity index is 955. The molecule has 1 aliphatic heterocycles. The van der Waals surface area contributed by atoms with E-state index in [-0.39, 0.29) is 16.7 Å². The maximum Gasteiger partial charge on any atom is 0.311 e. The van der Waals surface area contributed by atoms with E-state index in [1.165, 1.54) is 29.2 Å². The van der Waals surface area contributed by atoms with E-state index in [1.807, 2.05) is 31.2 Å². The summed E-state index contributed by atoms with van der Waals surface area (Å²) in [5.41, 5.74) is 1.87.